The first-order chi connectivity index (χ1) is 10.3. The van der Waals surface area contributed by atoms with Crippen molar-refractivity contribution in [3.8, 4) is 0 Å². The van der Waals surface area contributed by atoms with Crippen molar-refractivity contribution < 1.29 is 9.53 Å². The Kier molecular flexibility index (Phi) is 3.64. The molecule has 0 aliphatic heterocycles. The minimum atomic E-state index is -0.291. The van der Waals surface area contributed by atoms with Gasteiger partial charge in [0.2, 0.25) is 0 Å². The summed E-state index contributed by atoms with van der Waals surface area (Å²) in [6.45, 7) is 0.166. The molecule has 5 heteroatoms. The third kappa shape index (κ3) is 2.91. The third-order valence-corrected chi connectivity index (χ3v) is 3.32. The van der Waals surface area contributed by atoms with Crippen molar-refractivity contribution in [2.45, 2.75) is 13.0 Å². The lowest BCUT2D eigenvalue weighted by atomic mass is 10.2. The number of pyridine rings is 1. The Morgan fingerprint density at radius 2 is 2.10 bits per heavy atom. The molecule has 0 amide bonds. The molecule has 3 rings (SSSR count). The van der Waals surface area contributed by atoms with Gasteiger partial charge in [-0.05, 0) is 12.1 Å². The zero-order valence-corrected chi connectivity index (χ0v) is 11.7. The molecule has 0 radical (unpaired) electrons. The largest absolute Gasteiger partial charge is 0.468 e. The van der Waals surface area contributed by atoms with Crippen molar-refractivity contribution in [3.05, 3.63) is 60.3 Å². The summed E-state index contributed by atoms with van der Waals surface area (Å²) in [6.07, 6.45) is 4.03. The molecule has 2 aromatic heterocycles. The zero-order chi connectivity index (χ0) is 14.7. The number of aromatic nitrogens is 3. The number of carbonyl (C=O) groups is 1. The van der Waals surface area contributed by atoms with Gasteiger partial charge in [-0.3, -0.25) is 9.78 Å². The number of para-hydroxylation sites is 1. The Bertz CT molecular complexity index is 780. The number of hydrogen-bond acceptors (Lipinski definition) is 4. The highest BCUT2D eigenvalue weighted by Gasteiger charge is 2.09. The number of imidazole rings is 1. The number of hydrogen-bond donors (Lipinski definition) is 0. The van der Waals surface area contributed by atoms with E-state index in [1.807, 2.05) is 36.4 Å². The predicted octanol–water partition coefficient (Wildman–Crippen LogP) is 2.20. The molecule has 0 saturated carbocycles. The fourth-order valence-electron chi connectivity index (χ4n) is 2.22. The molecule has 3 aromatic rings. The van der Waals surface area contributed by atoms with Gasteiger partial charge in [-0.2, -0.15) is 0 Å². The first-order valence-electron chi connectivity index (χ1n) is 6.68. The van der Waals surface area contributed by atoms with Gasteiger partial charge in [0.1, 0.15) is 12.4 Å². The molecular formula is C16H15N3O2. The van der Waals surface area contributed by atoms with Gasteiger partial charge in [-0.1, -0.05) is 24.3 Å². The van der Waals surface area contributed by atoms with Crippen molar-refractivity contribution in [2.75, 3.05) is 7.11 Å². The molecule has 0 fully saturated rings. The lowest BCUT2D eigenvalue weighted by Crippen LogP contribution is -2.14. The number of fused-ring (bicyclic) bond motifs is 1. The van der Waals surface area contributed by atoms with Crippen LogP contribution in [0.15, 0.2) is 48.8 Å². The quantitative estimate of drug-likeness (QED) is 0.688. The summed E-state index contributed by atoms with van der Waals surface area (Å²) in [7, 11) is 1.38. The Morgan fingerprint density at radius 3 is 2.95 bits per heavy atom. The summed E-state index contributed by atoms with van der Waals surface area (Å²) in [5.41, 5.74) is 1.88. The first kappa shape index (κ1) is 13.3. The van der Waals surface area contributed by atoms with E-state index in [-0.39, 0.29) is 12.5 Å². The average molecular weight is 281 g/mol. The van der Waals surface area contributed by atoms with E-state index in [0.717, 1.165) is 22.4 Å². The van der Waals surface area contributed by atoms with Crippen molar-refractivity contribution in [1.82, 2.24) is 14.5 Å². The second kappa shape index (κ2) is 5.75. The van der Waals surface area contributed by atoms with E-state index in [2.05, 4.69) is 14.7 Å². The van der Waals surface area contributed by atoms with Crippen LogP contribution in [0.4, 0.5) is 0 Å². The lowest BCUT2D eigenvalue weighted by Gasteiger charge is -2.07. The Hall–Kier alpha value is -2.69. The molecule has 2 heterocycles. The maximum absolute atomic E-state index is 11.4. The monoisotopic (exact) mass is 281 g/mol. The van der Waals surface area contributed by atoms with E-state index in [1.165, 1.54) is 7.11 Å². The van der Waals surface area contributed by atoms with Gasteiger partial charge >= 0.3 is 5.97 Å². The summed E-state index contributed by atoms with van der Waals surface area (Å²) in [4.78, 5) is 20.3. The molecule has 0 bridgehead atoms. The molecule has 5 nitrogen and oxygen atoms in total. The summed E-state index contributed by atoms with van der Waals surface area (Å²) in [5.74, 6) is 0.504. The molecule has 0 unspecified atom stereocenters. The van der Waals surface area contributed by atoms with Crippen LogP contribution in [0.25, 0.3) is 10.9 Å². The Morgan fingerprint density at radius 1 is 1.24 bits per heavy atom. The minimum Gasteiger partial charge on any atom is -0.468 e. The molecule has 0 N–H and O–H groups in total. The minimum absolute atomic E-state index is 0.166. The highest BCUT2D eigenvalue weighted by molar-refractivity contribution is 5.78. The van der Waals surface area contributed by atoms with Gasteiger partial charge in [-0.25, -0.2) is 4.98 Å². The van der Waals surface area contributed by atoms with E-state index in [9.17, 15) is 4.79 Å². The van der Waals surface area contributed by atoms with E-state index >= 15 is 0 Å². The fraction of sp³-hybridized carbons (Fsp3) is 0.188. The number of methoxy groups -OCH3 is 1. The zero-order valence-electron chi connectivity index (χ0n) is 11.7. The van der Waals surface area contributed by atoms with Gasteiger partial charge in [-0.15, -0.1) is 0 Å². The predicted molar refractivity (Wildman–Crippen MR) is 78.8 cm³/mol. The van der Waals surface area contributed by atoms with Gasteiger partial charge < -0.3 is 9.30 Å². The van der Waals surface area contributed by atoms with E-state index in [4.69, 9.17) is 0 Å². The second-order valence-electron chi connectivity index (χ2n) is 4.72. The lowest BCUT2D eigenvalue weighted by molar-refractivity contribution is -0.141. The van der Waals surface area contributed by atoms with Crippen LogP contribution in [-0.4, -0.2) is 27.6 Å². The van der Waals surface area contributed by atoms with Crippen LogP contribution < -0.4 is 0 Å². The first-order valence-corrected chi connectivity index (χ1v) is 6.68. The summed E-state index contributed by atoms with van der Waals surface area (Å²) >= 11 is 0. The molecule has 1 aromatic carbocycles. The summed E-state index contributed by atoms with van der Waals surface area (Å²) in [5, 5.41) is 1.11. The van der Waals surface area contributed by atoms with E-state index in [0.29, 0.717) is 6.42 Å². The normalized spacial score (nSPS) is 10.7. The standard InChI is InChI=1S/C16H15N3O2/c1-21-16(20)11-19-9-8-17-15(19)10-13-7-6-12-4-2-3-5-14(12)18-13/h2-9H,10-11H2,1H3. The molecule has 0 saturated heterocycles. The number of carbonyl (C=O) groups excluding carboxylic acids is 1. The smallest absolute Gasteiger partial charge is 0.325 e. The molecule has 0 spiro atoms. The van der Waals surface area contributed by atoms with Crippen LogP contribution in [0.1, 0.15) is 11.5 Å². The summed E-state index contributed by atoms with van der Waals surface area (Å²) in [6, 6.07) is 12.0. The number of ether oxygens (including phenoxy) is 1. The SMILES string of the molecule is COC(=O)Cn1ccnc1Cc1ccc2ccccc2n1. The highest BCUT2D eigenvalue weighted by atomic mass is 16.5. The van der Waals surface area contributed by atoms with Gasteiger partial charge in [0.15, 0.2) is 0 Å². The molecule has 0 aliphatic rings. The molecule has 0 aliphatic carbocycles. The fourth-order valence-corrected chi connectivity index (χ4v) is 2.22. The topological polar surface area (TPSA) is 57.0 Å². The third-order valence-electron chi connectivity index (χ3n) is 3.32. The Balaban J connectivity index is 1.85. The molecule has 21 heavy (non-hydrogen) atoms. The second-order valence-corrected chi connectivity index (χ2v) is 4.72. The van der Waals surface area contributed by atoms with Crippen LogP contribution in [0.2, 0.25) is 0 Å². The number of nitrogens with zero attached hydrogens (tertiary/aromatic N) is 3. The molecular weight excluding hydrogens is 266 g/mol. The van der Waals surface area contributed by atoms with Crippen LogP contribution in [0, 0.1) is 0 Å². The van der Waals surface area contributed by atoms with Crippen LogP contribution in [0.5, 0.6) is 0 Å². The van der Waals surface area contributed by atoms with Gasteiger partial charge in [0, 0.05) is 29.9 Å². The molecule has 106 valence electrons. The molecule has 0 atom stereocenters. The van der Waals surface area contributed by atoms with Crippen LogP contribution in [0.3, 0.4) is 0 Å². The number of benzene rings is 1. The number of esters is 1. The van der Waals surface area contributed by atoms with E-state index < -0.39 is 0 Å². The van der Waals surface area contributed by atoms with Crippen molar-refractivity contribution >= 4 is 16.9 Å². The van der Waals surface area contributed by atoms with Crippen molar-refractivity contribution in [3.63, 3.8) is 0 Å². The van der Waals surface area contributed by atoms with Gasteiger partial charge in [0.05, 0.1) is 12.6 Å². The summed E-state index contributed by atoms with van der Waals surface area (Å²) < 4.78 is 6.46. The van der Waals surface area contributed by atoms with Gasteiger partial charge in [0.25, 0.3) is 0 Å². The van der Waals surface area contributed by atoms with E-state index in [1.54, 1.807) is 17.0 Å². The maximum atomic E-state index is 11.4. The Labute approximate surface area is 122 Å². The van der Waals surface area contributed by atoms with Crippen molar-refractivity contribution in [1.29, 1.82) is 0 Å². The van der Waals surface area contributed by atoms with Crippen LogP contribution >= 0.6 is 0 Å². The number of rotatable bonds is 4. The van der Waals surface area contributed by atoms with Crippen LogP contribution in [-0.2, 0) is 22.5 Å². The highest BCUT2D eigenvalue weighted by Crippen LogP contribution is 2.14. The average Bonchev–Trinajstić information content (AvgIpc) is 2.94. The van der Waals surface area contributed by atoms with Crippen molar-refractivity contribution in [2.24, 2.45) is 0 Å². The maximum Gasteiger partial charge on any atom is 0.325 e.